The fraction of sp³-hybridized carbons (Fsp3) is 0.333. The quantitative estimate of drug-likeness (QED) is 0.514. The minimum absolute atomic E-state index is 0.0113. The molecule has 2 atom stereocenters. The Kier molecular flexibility index (Phi) is 5.63. The molecule has 0 spiro atoms. The third-order valence-corrected chi connectivity index (χ3v) is 7.31. The van der Waals surface area contributed by atoms with Crippen molar-refractivity contribution in [2.45, 2.75) is 25.1 Å². The van der Waals surface area contributed by atoms with Crippen LogP contribution in [0.1, 0.15) is 29.2 Å². The monoisotopic (exact) mass is 536 g/mol. The lowest BCUT2D eigenvalue weighted by Crippen LogP contribution is -2.59. The van der Waals surface area contributed by atoms with Gasteiger partial charge in [0, 0.05) is 31.4 Å². The fourth-order valence-corrected chi connectivity index (χ4v) is 5.50. The van der Waals surface area contributed by atoms with Crippen LogP contribution in [0.2, 0.25) is 5.02 Å². The highest BCUT2D eigenvalue weighted by Crippen LogP contribution is 2.45. The maximum atomic E-state index is 13.7. The Morgan fingerprint density at radius 3 is 2.38 bits per heavy atom. The van der Waals surface area contributed by atoms with Crippen molar-refractivity contribution >= 4 is 46.2 Å². The Bertz CT molecular complexity index is 1560. The second-order valence-electron chi connectivity index (χ2n) is 9.14. The number of fused-ring (bicyclic) bond motifs is 2. The minimum atomic E-state index is -4.70. The first-order chi connectivity index (χ1) is 17.3. The molecule has 3 amide bonds. The molecule has 2 unspecified atom stereocenters. The number of carboxylic acid groups (broad SMARTS) is 1. The van der Waals surface area contributed by atoms with E-state index >= 15 is 0 Å². The second kappa shape index (κ2) is 8.37. The second-order valence-corrected chi connectivity index (χ2v) is 9.58. The molecule has 37 heavy (non-hydrogen) atoms. The summed E-state index contributed by atoms with van der Waals surface area (Å²) in [7, 11) is 3.12. The largest absolute Gasteiger partial charge is 0.481 e. The van der Waals surface area contributed by atoms with Gasteiger partial charge in [0.1, 0.15) is 0 Å². The maximum Gasteiger partial charge on any atom is 0.416 e. The number of amides is 3. The minimum Gasteiger partial charge on any atom is -0.481 e. The van der Waals surface area contributed by atoms with E-state index in [1.54, 1.807) is 20.2 Å². The summed E-state index contributed by atoms with van der Waals surface area (Å²) >= 11 is 5.98. The van der Waals surface area contributed by atoms with Gasteiger partial charge in [-0.3, -0.25) is 28.5 Å². The Morgan fingerprint density at radius 2 is 1.73 bits per heavy atom. The molecule has 1 aliphatic heterocycles. The van der Waals surface area contributed by atoms with Crippen LogP contribution in [-0.4, -0.2) is 43.6 Å². The van der Waals surface area contributed by atoms with Crippen molar-refractivity contribution in [3.8, 4) is 0 Å². The third-order valence-electron chi connectivity index (χ3n) is 7.10. The van der Waals surface area contributed by atoms with Gasteiger partial charge in [-0.1, -0.05) is 11.6 Å². The number of carboxylic acids is 1. The average molecular weight is 537 g/mol. The van der Waals surface area contributed by atoms with Gasteiger partial charge in [0.25, 0.3) is 0 Å². The standard InChI is InChI=1S/C24H20ClF3N4O5/c1-29-18-5-3-12(9-19(18)30(2)22(29)36)31-10-15(21(34)35)20(33)32(23(31)37)17-6-4-13-14(17)7-11(25)8-16(13)24(26,27)28/h3,5,7-9,15,17H,4,6,10H2,1-2H3,(H,34,35). The summed E-state index contributed by atoms with van der Waals surface area (Å²) < 4.78 is 43.8. The van der Waals surface area contributed by atoms with Crippen molar-refractivity contribution in [3.63, 3.8) is 0 Å². The van der Waals surface area contributed by atoms with Gasteiger partial charge in [0.15, 0.2) is 5.92 Å². The van der Waals surface area contributed by atoms with Crippen molar-refractivity contribution < 1.29 is 32.7 Å². The number of nitrogens with zero attached hydrogens (tertiary/aromatic N) is 4. The normalized spacial score (nSPS) is 20.2. The number of imidazole rings is 1. The molecule has 2 heterocycles. The molecule has 0 saturated carbocycles. The van der Waals surface area contributed by atoms with Crippen molar-refractivity contribution in [2.75, 3.05) is 11.4 Å². The summed E-state index contributed by atoms with van der Waals surface area (Å²) in [6.45, 7) is -0.474. The number of alkyl halides is 3. The lowest BCUT2D eigenvalue weighted by atomic mass is 9.98. The van der Waals surface area contributed by atoms with E-state index in [2.05, 4.69) is 0 Å². The van der Waals surface area contributed by atoms with Crippen molar-refractivity contribution in [2.24, 2.45) is 20.0 Å². The number of halogens is 4. The molecule has 1 aromatic heterocycles. The number of imide groups is 1. The number of aryl methyl sites for hydroxylation is 2. The number of aromatic nitrogens is 2. The zero-order valence-corrected chi connectivity index (χ0v) is 20.3. The molecular weight excluding hydrogens is 517 g/mol. The lowest BCUT2D eigenvalue weighted by molar-refractivity contribution is -0.151. The fourth-order valence-electron chi connectivity index (χ4n) is 5.27. The Balaban J connectivity index is 1.62. The molecule has 3 aromatic rings. The number of hydrogen-bond acceptors (Lipinski definition) is 4. The zero-order chi connectivity index (χ0) is 27.0. The van der Waals surface area contributed by atoms with Gasteiger partial charge in [0.2, 0.25) is 5.91 Å². The predicted molar refractivity (Wildman–Crippen MR) is 126 cm³/mol. The van der Waals surface area contributed by atoms with Crippen LogP contribution in [0.25, 0.3) is 11.0 Å². The van der Waals surface area contributed by atoms with Crippen molar-refractivity contribution in [3.05, 3.63) is 62.5 Å². The van der Waals surface area contributed by atoms with Gasteiger partial charge in [-0.05, 0) is 54.3 Å². The summed E-state index contributed by atoms with van der Waals surface area (Å²) in [6.07, 6.45) is -4.78. The number of urea groups is 1. The van der Waals surface area contributed by atoms with Crippen LogP contribution in [-0.2, 0) is 36.3 Å². The number of benzene rings is 2. The van der Waals surface area contributed by atoms with Gasteiger partial charge in [-0.2, -0.15) is 13.2 Å². The summed E-state index contributed by atoms with van der Waals surface area (Å²) in [5.74, 6) is -4.12. The summed E-state index contributed by atoms with van der Waals surface area (Å²) in [5.41, 5.74) is 0.0144. The Labute approximate surface area is 212 Å². The van der Waals surface area contributed by atoms with Crippen LogP contribution in [0, 0.1) is 5.92 Å². The molecule has 194 valence electrons. The summed E-state index contributed by atoms with van der Waals surface area (Å²) in [5, 5.41) is 9.55. The highest BCUT2D eigenvalue weighted by Gasteiger charge is 2.49. The highest BCUT2D eigenvalue weighted by molar-refractivity contribution is 6.30. The zero-order valence-electron chi connectivity index (χ0n) is 19.5. The summed E-state index contributed by atoms with van der Waals surface area (Å²) in [6, 6.07) is 4.74. The van der Waals surface area contributed by atoms with E-state index in [4.69, 9.17) is 11.6 Å². The van der Waals surface area contributed by atoms with Gasteiger partial charge >= 0.3 is 23.9 Å². The van der Waals surface area contributed by atoms with E-state index in [9.17, 15) is 37.5 Å². The molecule has 2 aliphatic rings. The topological polar surface area (TPSA) is 105 Å². The van der Waals surface area contributed by atoms with Crippen LogP contribution in [0.5, 0.6) is 0 Å². The number of anilines is 1. The first-order valence-corrected chi connectivity index (χ1v) is 11.6. The first-order valence-electron chi connectivity index (χ1n) is 11.2. The van der Waals surface area contributed by atoms with Gasteiger partial charge in [-0.25, -0.2) is 9.59 Å². The lowest BCUT2D eigenvalue weighted by Gasteiger charge is -2.40. The summed E-state index contributed by atoms with van der Waals surface area (Å²) in [4.78, 5) is 53.1. The molecule has 13 heteroatoms. The molecule has 9 nitrogen and oxygen atoms in total. The van der Waals surface area contributed by atoms with Crippen molar-refractivity contribution in [1.82, 2.24) is 14.0 Å². The van der Waals surface area contributed by atoms with Crippen LogP contribution in [0.4, 0.5) is 23.7 Å². The van der Waals surface area contributed by atoms with Crippen LogP contribution >= 0.6 is 11.6 Å². The predicted octanol–water partition coefficient (Wildman–Crippen LogP) is 3.71. The molecule has 5 rings (SSSR count). The first kappa shape index (κ1) is 24.9. The van der Waals surface area contributed by atoms with E-state index in [-0.39, 0.29) is 40.4 Å². The molecule has 1 fully saturated rings. The van der Waals surface area contributed by atoms with Gasteiger partial charge < -0.3 is 5.11 Å². The number of carbonyl (C=O) groups excluding carboxylic acids is 2. The Morgan fingerprint density at radius 1 is 1.05 bits per heavy atom. The third kappa shape index (κ3) is 3.78. The number of aliphatic carboxylic acids is 1. The average Bonchev–Trinajstić information content (AvgIpc) is 3.32. The molecule has 0 radical (unpaired) electrons. The molecule has 2 aromatic carbocycles. The van der Waals surface area contributed by atoms with E-state index in [0.29, 0.717) is 11.0 Å². The van der Waals surface area contributed by atoms with Crippen LogP contribution in [0.3, 0.4) is 0 Å². The highest BCUT2D eigenvalue weighted by atomic mass is 35.5. The van der Waals surface area contributed by atoms with E-state index in [1.165, 1.54) is 27.3 Å². The maximum absolute atomic E-state index is 13.7. The molecule has 1 saturated heterocycles. The van der Waals surface area contributed by atoms with Gasteiger partial charge in [-0.15, -0.1) is 0 Å². The van der Waals surface area contributed by atoms with E-state index in [1.807, 2.05) is 0 Å². The molecule has 0 bridgehead atoms. The van der Waals surface area contributed by atoms with E-state index < -0.39 is 48.2 Å². The van der Waals surface area contributed by atoms with Gasteiger partial charge in [0.05, 0.1) is 22.6 Å². The number of carbonyl (C=O) groups is 3. The SMILES string of the molecule is Cn1c(=O)n(C)c2cc(N3CC(C(=O)O)C(=O)N(C4CCc5c4cc(Cl)cc5C(F)(F)F)C3=O)ccc21. The van der Waals surface area contributed by atoms with E-state index in [0.717, 1.165) is 15.9 Å². The molecule has 1 N–H and O–H groups in total. The smallest absolute Gasteiger partial charge is 0.416 e. The number of rotatable bonds is 3. The van der Waals surface area contributed by atoms with Crippen LogP contribution in [0.15, 0.2) is 35.1 Å². The van der Waals surface area contributed by atoms with Crippen LogP contribution < -0.4 is 10.6 Å². The van der Waals surface area contributed by atoms with Crippen molar-refractivity contribution in [1.29, 1.82) is 0 Å². The Hall–Kier alpha value is -3.80. The molecular formula is C24H20ClF3N4O5. The number of hydrogen-bond donors (Lipinski definition) is 1. The molecule has 1 aliphatic carbocycles.